The Balaban J connectivity index is 2.33. The van der Waals surface area contributed by atoms with Crippen LogP contribution in [0.15, 0.2) is 42.5 Å². The van der Waals surface area contributed by atoms with E-state index in [4.69, 9.17) is 0 Å². The maximum absolute atomic E-state index is 11.5. The maximum atomic E-state index is 11.5. The van der Waals surface area contributed by atoms with Crippen molar-refractivity contribution in [3.05, 3.63) is 48.0 Å². The normalized spacial score (nSPS) is 26.7. The molecule has 0 aromatic heterocycles. The predicted octanol–water partition coefficient (Wildman–Crippen LogP) is 2.55. The molecule has 0 heterocycles. The minimum atomic E-state index is 0.0567. The molecule has 1 heteroatoms. The van der Waals surface area contributed by atoms with Crippen LogP contribution in [0.2, 0.25) is 0 Å². The molecule has 0 N–H and O–H groups in total. The molecule has 0 amide bonds. The molecule has 0 fully saturated rings. The second-order valence-electron chi connectivity index (χ2n) is 3.51. The fourth-order valence-corrected chi connectivity index (χ4v) is 1.85. The summed E-state index contributed by atoms with van der Waals surface area (Å²) in [6.07, 6.45) is 3.68. The van der Waals surface area contributed by atoms with Crippen molar-refractivity contribution >= 4 is 5.78 Å². The molecule has 1 aromatic carbocycles. The summed E-state index contributed by atoms with van der Waals surface area (Å²) >= 11 is 0. The number of carbonyl (C=O) groups excluding carboxylic acids is 1. The van der Waals surface area contributed by atoms with Gasteiger partial charge in [0, 0.05) is 0 Å². The van der Waals surface area contributed by atoms with Crippen molar-refractivity contribution in [1.82, 2.24) is 0 Å². The van der Waals surface area contributed by atoms with Gasteiger partial charge in [-0.05, 0) is 17.6 Å². The molecule has 1 aliphatic carbocycles. The molecule has 0 saturated heterocycles. The molecule has 1 aliphatic rings. The van der Waals surface area contributed by atoms with E-state index in [0.717, 1.165) is 5.56 Å². The summed E-state index contributed by atoms with van der Waals surface area (Å²) in [7, 11) is 0. The van der Waals surface area contributed by atoms with Crippen LogP contribution >= 0.6 is 0 Å². The van der Waals surface area contributed by atoms with Crippen LogP contribution in [0.25, 0.3) is 0 Å². The zero-order chi connectivity index (χ0) is 9.26. The van der Waals surface area contributed by atoms with Crippen LogP contribution in [0.4, 0.5) is 0 Å². The monoisotopic (exact) mass is 172 g/mol. The van der Waals surface area contributed by atoms with Gasteiger partial charge in [-0.2, -0.15) is 0 Å². The molecular weight excluding hydrogens is 160 g/mol. The van der Waals surface area contributed by atoms with Crippen molar-refractivity contribution in [2.45, 2.75) is 12.8 Å². The van der Waals surface area contributed by atoms with Gasteiger partial charge in [0.25, 0.3) is 0 Å². The quantitative estimate of drug-likeness (QED) is 0.636. The highest BCUT2D eigenvalue weighted by Crippen LogP contribution is 2.31. The Morgan fingerprint density at radius 2 is 1.85 bits per heavy atom. The van der Waals surface area contributed by atoms with Crippen molar-refractivity contribution in [1.29, 1.82) is 0 Å². The highest BCUT2D eigenvalue weighted by atomic mass is 16.1. The molecule has 0 saturated carbocycles. The van der Waals surface area contributed by atoms with Gasteiger partial charge in [-0.1, -0.05) is 43.3 Å². The van der Waals surface area contributed by atoms with Crippen LogP contribution < -0.4 is 0 Å². The van der Waals surface area contributed by atoms with E-state index in [2.05, 4.69) is 6.92 Å². The molecule has 0 aliphatic heterocycles. The van der Waals surface area contributed by atoms with E-state index in [1.165, 1.54) is 0 Å². The van der Waals surface area contributed by atoms with Gasteiger partial charge in [0.2, 0.25) is 0 Å². The first-order valence-electron chi connectivity index (χ1n) is 4.56. The number of rotatable bonds is 1. The van der Waals surface area contributed by atoms with Gasteiger partial charge in [-0.15, -0.1) is 0 Å². The lowest BCUT2D eigenvalue weighted by molar-refractivity contribution is -0.115. The lowest BCUT2D eigenvalue weighted by Crippen LogP contribution is -2.10. The molecule has 13 heavy (non-hydrogen) atoms. The molecule has 0 bridgehead atoms. The summed E-state index contributed by atoms with van der Waals surface area (Å²) in [6.45, 7) is 2.08. The largest absolute Gasteiger partial charge is 0.294 e. The SMILES string of the molecule is CC1C=CC(=O)C1c1ccccc1. The minimum absolute atomic E-state index is 0.0567. The van der Waals surface area contributed by atoms with E-state index in [-0.39, 0.29) is 11.7 Å². The molecular formula is C12H12O. The highest BCUT2D eigenvalue weighted by molar-refractivity contribution is 5.98. The Kier molecular flexibility index (Phi) is 2.01. The van der Waals surface area contributed by atoms with Crippen molar-refractivity contribution in [3.63, 3.8) is 0 Å². The first-order valence-corrected chi connectivity index (χ1v) is 4.56. The topological polar surface area (TPSA) is 17.1 Å². The lowest BCUT2D eigenvalue weighted by atomic mass is 9.89. The summed E-state index contributed by atoms with van der Waals surface area (Å²) in [5.74, 6) is 0.634. The highest BCUT2D eigenvalue weighted by Gasteiger charge is 2.27. The Bertz CT molecular complexity index is 337. The minimum Gasteiger partial charge on any atom is -0.294 e. The van der Waals surface area contributed by atoms with Gasteiger partial charge >= 0.3 is 0 Å². The average Bonchev–Trinajstić information content (AvgIpc) is 2.48. The fraction of sp³-hybridized carbons (Fsp3) is 0.250. The molecule has 1 nitrogen and oxygen atoms in total. The number of carbonyl (C=O) groups is 1. The van der Waals surface area contributed by atoms with Gasteiger partial charge in [0.15, 0.2) is 5.78 Å². The first kappa shape index (κ1) is 8.24. The third-order valence-electron chi connectivity index (χ3n) is 2.56. The smallest absolute Gasteiger partial charge is 0.163 e. The lowest BCUT2D eigenvalue weighted by Gasteiger charge is -2.13. The van der Waals surface area contributed by atoms with E-state index in [1.54, 1.807) is 6.08 Å². The molecule has 2 unspecified atom stereocenters. The standard InChI is InChI=1S/C12H12O/c1-9-7-8-11(13)12(9)10-5-3-2-4-6-10/h2-9,12H,1H3. The number of hydrogen-bond donors (Lipinski definition) is 0. The van der Waals surface area contributed by atoms with Crippen LogP contribution in [-0.2, 0) is 4.79 Å². The van der Waals surface area contributed by atoms with Gasteiger partial charge in [-0.3, -0.25) is 4.79 Å². The van der Waals surface area contributed by atoms with Crippen LogP contribution in [0.5, 0.6) is 0 Å². The summed E-state index contributed by atoms with van der Waals surface area (Å²) < 4.78 is 0. The molecule has 0 spiro atoms. The zero-order valence-electron chi connectivity index (χ0n) is 7.60. The van der Waals surface area contributed by atoms with E-state index >= 15 is 0 Å². The molecule has 1 aromatic rings. The summed E-state index contributed by atoms with van der Waals surface area (Å²) in [4.78, 5) is 11.5. The summed E-state index contributed by atoms with van der Waals surface area (Å²) in [5, 5.41) is 0. The maximum Gasteiger partial charge on any atom is 0.163 e. The van der Waals surface area contributed by atoms with Gasteiger partial charge in [0.1, 0.15) is 0 Å². The molecule has 66 valence electrons. The Morgan fingerprint density at radius 1 is 1.15 bits per heavy atom. The Hall–Kier alpha value is -1.37. The van der Waals surface area contributed by atoms with Crippen molar-refractivity contribution < 1.29 is 4.79 Å². The molecule has 2 rings (SSSR count). The Labute approximate surface area is 78.1 Å². The third kappa shape index (κ3) is 1.42. The predicted molar refractivity (Wildman–Crippen MR) is 52.5 cm³/mol. The average molecular weight is 172 g/mol. The van der Waals surface area contributed by atoms with Crippen LogP contribution in [0, 0.1) is 5.92 Å². The van der Waals surface area contributed by atoms with Crippen molar-refractivity contribution in [2.24, 2.45) is 5.92 Å². The van der Waals surface area contributed by atoms with Gasteiger partial charge < -0.3 is 0 Å². The summed E-state index contributed by atoms with van der Waals surface area (Å²) in [5.41, 5.74) is 1.13. The number of ketones is 1. The molecule has 2 atom stereocenters. The second kappa shape index (κ2) is 3.17. The van der Waals surface area contributed by atoms with Crippen LogP contribution in [0.1, 0.15) is 18.4 Å². The zero-order valence-corrected chi connectivity index (χ0v) is 7.60. The van der Waals surface area contributed by atoms with E-state index < -0.39 is 0 Å². The third-order valence-corrected chi connectivity index (χ3v) is 2.56. The van der Waals surface area contributed by atoms with Crippen LogP contribution in [0.3, 0.4) is 0 Å². The van der Waals surface area contributed by atoms with Gasteiger partial charge in [0.05, 0.1) is 5.92 Å². The first-order chi connectivity index (χ1) is 6.29. The van der Waals surface area contributed by atoms with E-state index in [9.17, 15) is 4.79 Å². The van der Waals surface area contributed by atoms with E-state index in [0.29, 0.717) is 5.92 Å². The van der Waals surface area contributed by atoms with Crippen molar-refractivity contribution in [2.75, 3.05) is 0 Å². The summed E-state index contributed by atoms with van der Waals surface area (Å²) in [6, 6.07) is 9.97. The van der Waals surface area contributed by atoms with Crippen LogP contribution in [-0.4, -0.2) is 5.78 Å². The van der Waals surface area contributed by atoms with Crippen molar-refractivity contribution in [3.8, 4) is 0 Å². The van der Waals surface area contributed by atoms with Gasteiger partial charge in [-0.25, -0.2) is 0 Å². The number of allylic oxidation sites excluding steroid dienone is 2. The Morgan fingerprint density at radius 3 is 2.38 bits per heavy atom. The fourth-order valence-electron chi connectivity index (χ4n) is 1.85. The number of benzene rings is 1. The molecule has 0 radical (unpaired) electrons. The number of hydrogen-bond acceptors (Lipinski definition) is 1. The second-order valence-corrected chi connectivity index (χ2v) is 3.51. The van der Waals surface area contributed by atoms with E-state index in [1.807, 2.05) is 36.4 Å².